The minimum absolute atomic E-state index is 0.120. The summed E-state index contributed by atoms with van der Waals surface area (Å²) in [7, 11) is 1.64. The molecule has 0 unspecified atom stereocenters. The highest BCUT2D eigenvalue weighted by atomic mass is 32.2. The van der Waals surface area contributed by atoms with Crippen LogP contribution in [0.5, 0.6) is 5.75 Å². The van der Waals surface area contributed by atoms with Gasteiger partial charge in [-0.3, -0.25) is 4.79 Å². The Morgan fingerprint density at radius 1 is 1.10 bits per heavy atom. The van der Waals surface area contributed by atoms with Crippen molar-refractivity contribution in [3.05, 3.63) is 88.1 Å². The number of hydrogen-bond donors (Lipinski definition) is 1. The number of carbonyl (C=O) groups excluding carboxylic acids is 1. The Morgan fingerprint density at radius 2 is 1.87 bits per heavy atom. The number of ether oxygens (including phenoxy) is 1. The van der Waals surface area contributed by atoms with Gasteiger partial charge in [-0.2, -0.15) is 5.10 Å². The van der Waals surface area contributed by atoms with Crippen molar-refractivity contribution in [2.45, 2.75) is 24.1 Å². The Hall–Kier alpha value is -3.10. The molecule has 0 aliphatic carbocycles. The van der Waals surface area contributed by atoms with Crippen LogP contribution in [0.2, 0.25) is 0 Å². The van der Waals surface area contributed by atoms with E-state index in [4.69, 9.17) is 4.74 Å². The number of amides is 1. The molecule has 4 aromatic rings. The number of methoxy groups -OCH3 is 1. The van der Waals surface area contributed by atoms with Gasteiger partial charge in [0.25, 0.3) is 5.91 Å². The number of thiazole rings is 1. The van der Waals surface area contributed by atoms with E-state index in [0.29, 0.717) is 12.1 Å². The lowest BCUT2D eigenvalue weighted by Crippen LogP contribution is -2.23. The van der Waals surface area contributed by atoms with E-state index in [0.717, 1.165) is 38.5 Å². The summed E-state index contributed by atoms with van der Waals surface area (Å²) in [4.78, 5) is 18.1. The summed E-state index contributed by atoms with van der Waals surface area (Å²) in [5.41, 5.74) is 3.43. The third-order valence-electron chi connectivity index (χ3n) is 4.58. The Morgan fingerprint density at radius 3 is 2.55 bits per heavy atom. The van der Waals surface area contributed by atoms with E-state index < -0.39 is 0 Å². The Labute approximate surface area is 189 Å². The lowest BCUT2D eigenvalue weighted by atomic mass is 10.2. The molecule has 2 heterocycles. The molecule has 4 rings (SSSR count). The molecule has 158 valence electrons. The van der Waals surface area contributed by atoms with E-state index in [9.17, 15) is 4.79 Å². The maximum Gasteiger partial charge on any atom is 0.251 e. The van der Waals surface area contributed by atoms with Crippen molar-refractivity contribution in [3.63, 3.8) is 0 Å². The smallest absolute Gasteiger partial charge is 0.251 e. The number of carbonyl (C=O) groups is 1. The molecular weight excluding hydrogens is 428 g/mol. The van der Waals surface area contributed by atoms with Crippen molar-refractivity contribution in [3.8, 4) is 11.4 Å². The predicted molar refractivity (Wildman–Crippen MR) is 124 cm³/mol. The van der Waals surface area contributed by atoms with Crippen LogP contribution >= 0.6 is 23.1 Å². The molecule has 1 N–H and O–H groups in total. The fourth-order valence-electron chi connectivity index (χ4n) is 2.94. The lowest BCUT2D eigenvalue weighted by Gasteiger charge is -2.05. The van der Waals surface area contributed by atoms with E-state index in [2.05, 4.69) is 20.8 Å². The standard InChI is InChI=1S/C23H22N4O2S2/c1-16-25-19(14-30-16)15-31-22-9-3-17(4-10-22)23(28)24-13-18-11-12-27(26-18)20-5-7-21(29-2)8-6-20/h3-12,14H,13,15H2,1-2H3,(H,24,28). The summed E-state index contributed by atoms with van der Waals surface area (Å²) in [5, 5.41) is 10.6. The van der Waals surface area contributed by atoms with Crippen molar-refractivity contribution in [1.29, 1.82) is 0 Å². The van der Waals surface area contributed by atoms with Crippen LogP contribution in [0.4, 0.5) is 0 Å². The Balaban J connectivity index is 1.29. The molecule has 8 heteroatoms. The second-order valence-electron chi connectivity index (χ2n) is 6.80. The van der Waals surface area contributed by atoms with Crippen molar-refractivity contribution in [2.75, 3.05) is 7.11 Å². The van der Waals surface area contributed by atoms with Gasteiger partial charge in [-0.1, -0.05) is 0 Å². The maximum absolute atomic E-state index is 12.5. The molecule has 0 saturated carbocycles. The summed E-state index contributed by atoms with van der Waals surface area (Å²) < 4.78 is 6.95. The average Bonchev–Trinajstić information content (AvgIpc) is 3.45. The molecule has 31 heavy (non-hydrogen) atoms. The Kier molecular flexibility index (Phi) is 6.69. The monoisotopic (exact) mass is 450 g/mol. The highest BCUT2D eigenvalue weighted by Gasteiger charge is 2.08. The van der Waals surface area contributed by atoms with Crippen LogP contribution < -0.4 is 10.1 Å². The third-order valence-corrected chi connectivity index (χ3v) is 6.45. The first-order chi connectivity index (χ1) is 15.1. The number of thioether (sulfide) groups is 1. The molecule has 0 atom stereocenters. The van der Waals surface area contributed by atoms with Crippen molar-refractivity contribution in [1.82, 2.24) is 20.1 Å². The molecule has 2 aromatic carbocycles. The topological polar surface area (TPSA) is 69.0 Å². The quantitative estimate of drug-likeness (QED) is 0.388. The van der Waals surface area contributed by atoms with Gasteiger partial charge in [0, 0.05) is 27.8 Å². The first-order valence-electron chi connectivity index (χ1n) is 9.72. The molecule has 0 spiro atoms. The van der Waals surface area contributed by atoms with Gasteiger partial charge in [-0.15, -0.1) is 23.1 Å². The fraction of sp³-hybridized carbons (Fsp3) is 0.174. The van der Waals surface area contributed by atoms with Gasteiger partial charge in [0.1, 0.15) is 5.75 Å². The summed E-state index contributed by atoms with van der Waals surface area (Å²) in [6.45, 7) is 2.37. The van der Waals surface area contributed by atoms with Crippen LogP contribution in [-0.4, -0.2) is 27.8 Å². The molecule has 0 radical (unpaired) electrons. The van der Waals surface area contributed by atoms with E-state index >= 15 is 0 Å². The van der Waals surface area contributed by atoms with Gasteiger partial charge >= 0.3 is 0 Å². The summed E-state index contributed by atoms with van der Waals surface area (Å²) in [5.74, 6) is 1.50. The fourth-order valence-corrected chi connectivity index (χ4v) is 4.45. The van der Waals surface area contributed by atoms with Crippen LogP contribution in [0.3, 0.4) is 0 Å². The van der Waals surface area contributed by atoms with Crippen LogP contribution in [0.15, 0.2) is 71.1 Å². The zero-order chi connectivity index (χ0) is 21.6. The molecule has 1 amide bonds. The van der Waals surface area contributed by atoms with E-state index in [1.807, 2.05) is 67.7 Å². The van der Waals surface area contributed by atoms with E-state index in [1.165, 1.54) is 0 Å². The second-order valence-corrected chi connectivity index (χ2v) is 8.91. The van der Waals surface area contributed by atoms with E-state index in [1.54, 1.807) is 34.9 Å². The summed E-state index contributed by atoms with van der Waals surface area (Å²) >= 11 is 3.37. The molecule has 6 nitrogen and oxygen atoms in total. The van der Waals surface area contributed by atoms with Crippen molar-refractivity contribution in [2.24, 2.45) is 0 Å². The molecule has 0 aliphatic heterocycles. The Bertz CT molecular complexity index is 1150. The van der Waals surface area contributed by atoms with Crippen LogP contribution in [0.1, 0.15) is 26.8 Å². The maximum atomic E-state index is 12.5. The van der Waals surface area contributed by atoms with Crippen LogP contribution in [0, 0.1) is 6.92 Å². The summed E-state index contributed by atoms with van der Waals surface area (Å²) in [6.07, 6.45) is 1.87. The highest BCUT2D eigenvalue weighted by molar-refractivity contribution is 7.98. The molecule has 0 fully saturated rings. The minimum Gasteiger partial charge on any atom is -0.497 e. The minimum atomic E-state index is -0.120. The van der Waals surface area contributed by atoms with Gasteiger partial charge in [0.2, 0.25) is 0 Å². The number of benzene rings is 2. The van der Waals surface area contributed by atoms with Crippen molar-refractivity contribution >= 4 is 29.0 Å². The molecule has 0 aliphatic rings. The number of rotatable bonds is 8. The molecule has 2 aromatic heterocycles. The van der Waals surface area contributed by atoms with Gasteiger partial charge in [0.15, 0.2) is 0 Å². The average molecular weight is 451 g/mol. The number of aromatic nitrogens is 3. The van der Waals surface area contributed by atoms with Crippen molar-refractivity contribution < 1.29 is 9.53 Å². The first-order valence-corrected chi connectivity index (χ1v) is 11.6. The number of nitrogens with one attached hydrogen (secondary N) is 1. The number of hydrogen-bond acceptors (Lipinski definition) is 6. The predicted octanol–water partition coefficient (Wildman–Crippen LogP) is 4.87. The van der Waals surface area contributed by atoms with Gasteiger partial charge < -0.3 is 10.1 Å². The zero-order valence-electron chi connectivity index (χ0n) is 17.2. The van der Waals surface area contributed by atoms with Gasteiger partial charge in [-0.25, -0.2) is 9.67 Å². The van der Waals surface area contributed by atoms with Gasteiger partial charge in [0.05, 0.1) is 35.7 Å². The second kappa shape index (κ2) is 9.80. The zero-order valence-corrected chi connectivity index (χ0v) is 18.9. The molecular formula is C23H22N4O2S2. The molecule has 0 bridgehead atoms. The summed E-state index contributed by atoms with van der Waals surface area (Å²) in [6, 6.07) is 17.2. The van der Waals surface area contributed by atoms with E-state index in [-0.39, 0.29) is 5.91 Å². The van der Waals surface area contributed by atoms with Gasteiger partial charge in [-0.05, 0) is 61.5 Å². The first kappa shape index (κ1) is 21.1. The number of nitrogens with zero attached hydrogens (tertiary/aromatic N) is 3. The lowest BCUT2D eigenvalue weighted by molar-refractivity contribution is 0.0950. The van der Waals surface area contributed by atoms with Crippen LogP contribution in [-0.2, 0) is 12.3 Å². The number of aryl methyl sites for hydroxylation is 1. The largest absolute Gasteiger partial charge is 0.497 e. The molecule has 0 saturated heterocycles. The SMILES string of the molecule is COc1ccc(-n2ccc(CNC(=O)c3ccc(SCc4csc(C)n4)cc3)n2)cc1. The van der Waals surface area contributed by atoms with Crippen LogP contribution in [0.25, 0.3) is 5.69 Å². The third kappa shape index (κ3) is 5.53. The highest BCUT2D eigenvalue weighted by Crippen LogP contribution is 2.24. The normalized spacial score (nSPS) is 10.8.